The molecule has 0 bridgehead atoms. The van der Waals surface area contributed by atoms with Crippen LogP contribution in [0.2, 0.25) is 0 Å². The lowest BCUT2D eigenvalue weighted by Crippen LogP contribution is -2.34. The van der Waals surface area contributed by atoms with E-state index in [0.717, 1.165) is 23.1 Å². The molecule has 1 fully saturated rings. The number of carbonyl (C=O) groups excluding carboxylic acids is 1. The number of nitrogens with one attached hydrogen (secondary N) is 2. The SMILES string of the molecule is CO[C@@H]1CNC[C@H]1Nc1c(C(N)=O)cnn2cc(Br)cc12. The number of ether oxygens (including phenoxy) is 1. The third-order valence-electron chi connectivity index (χ3n) is 3.66. The van der Waals surface area contributed by atoms with Gasteiger partial charge in [0.15, 0.2) is 0 Å². The van der Waals surface area contributed by atoms with Crippen molar-refractivity contribution in [3.8, 4) is 0 Å². The van der Waals surface area contributed by atoms with Crippen LogP contribution in [0.4, 0.5) is 5.69 Å². The monoisotopic (exact) mass is 353 g/mol. The summed E-state index contributed by atoms with van der Waals surface area (Å²) in [6, 6.07) is 1.96. The van der Waals surface area contributed by atoms with Crippen molar-refractivity contribution in [3.63, 3.8) is 0 Å². The molecular weight excluding hydrogens is 338 g/mol. The lowest BCUT2D eigenvalue weighted by molar-refractivity contribution is 0.0999. The first-order valence-corrected chi connectivity index (χ1v) is 7.36. The van der Waals surface area contributed by atoms with E-state index in [0.29, 0.717) is 11.3 Å². The highest BCUT2D eigenvalue weighted by Gasteiger charge is 2.28. The van der Waals surface area contributed by atoms with E-state index in [1.807, 2.05) is 12.3 Å². The number of rotatable bonds is 4. The highest BCUT2D eigenvalue weighted by atomic mass is 79.9. The molecule has 3 rings (SSSR count). The zero-order chi connectivity index (χ0) is 15.0. The minimum absolute atomic E-state index is 0.0392. The first-order valence-electron chi connectivity index (χ1n) is 6.57. The number of nitrogens with two attached hydrogens (primary N) is 1. The van der Waals surface area contributed by atoms with Crippen molar-refractivity contribution in [1.29, 1.82) is 0 Å². The van der Waals surface area contributed by atoms with E-state index in [1.54, 1.807) is 11.6 Å². The van der Waals surface area contributed by atoms with Crippen LogP contribution in [0.5, 0.6) is 0 Å². The summed E-state index contributed by atoms with van der Waals surface area (Å²) in [5.41, 5.74) is 7.31. The number of hydrogen-bond acceptors (Lipinski definition) is 5. The van der Waals surface area contributed by atoms with Crippen LogP contribution < -0.4 is 16.4 Å². The van der Waals surface area contributed by atoms with Gasteiger partial charge in [0, 0.05) is 30.9 Å². The maximum Gasteiger partial charge on any atom is 0.252 e. The third kappa shape index (κ3) is 2.61. The average molecular weight is 354 g/mol. The Bertz CT molecular complexity index is 686. The van der Waals surface area contributed by atoms with Gasteiger partial charge < -0.3 is 21.1 Å². The largest absolute Gasteiger partial charge is 0.378 e. The molecule has 0 aliphatic carbocycles. The topological polar surface area (TPSA) is 93.7 Å². The van der Waals surface area contributed by atoms with Gasteiger partial charge in [0.1, 0.15) is 0 Å². The molecule has 0 aromatic carbocycles. The van der Waals surface area contributed by atoms with Crippen LogP contribution in [0, 0.1) is 0 Å². The Morgan fingerprint density at radius 1 is 1.62 bits per heavy atom. The molecule has 7 nitrogen and oxygen atoms in total. The second-order valence-electron chi connectivity index (χ2n) is 4.97. The summed E-state index contributed by atoms with van der Waals surface area (Å²) in [6.45, 7) is 1.53. The van der Waals surface area contributed by atoms with Crippen LogP contribution in [-0.4, -0.2) is 47.9 Å². The van der Waals surface area contributed by atoms with Crippen LogP contribution in [0.3, 0.4) is 0 Å². The van der Waals surface area contributed by atoms with Crippen LogP contribution >= 0.6 is 15.9 Å². The van der Waals surface area contributed by atoms with Gasteiger partial charge in [-0.15, -0.1) is 0 Å². The van der Waals surface area contributed by atoms with Crippen molar-refractivity contribution in [3.05, 3.63) is 28.5 Å². The van der Waals surface area contributed by atoms with Crippen LogP contribution in [-0.2, 0) is 4.74 Å². The van der Waals surface area contributed by atoms with Gasteiger partial charge in [-0.25, -0.2) is 4.52 Å². The number of methoxy groups -OCH3 is 1. The van der Waals surface area contributed by atoms with Gasteiger partial charge in [-0.3, -0.25) is 4.79 Å². The molecule has 1 aliphatic rings. The smallest absolute Gasteiger partial charge is 0.252 e. The number of halogens is 1. The first kappa shape index (κ1) is 14.3. The minimum Gasteiger partial charge on any atom is -0.378 e. The average Bonchev–Trinajstić information content (AvgIpc) is 3.03. The second-order valence-corrected chi connectivity index (χ2v) is 5.88. The first-order chi connectivity index (χ1) is 10.1. The summed E-state index contributed by atoms with van der Waals surface area (Å²) in [4.78, 5) is 11.7. The lowest BCUT2D eigenvalue weighted by atomic mass is 10.1. The maximum atomic E-state index is 11.7. The quantitative estimate of drug-likeness (QED) is 0.748. The van der Waals surface area contributed by atoms with E-state index in [9.17, 15) is 4.79 Å². The van der Waals surface area contributed by atoms with E-state index in [2.05, 4.69) is 31.7 Å². The predicted molar refractivity (Wildman–Crippen MR) is 82.5 cm³/mol. The Hall–Kier alpha value is -1.64. The number of hydrogen-bond donors (Lipinski definition) is 3. The summed E-state index contributed by atoms with van der Waals surface area (Å²) < 4.78 is 8.02. The Morgan fingerprint density at radius 2 is 2.43 bits per heavy atom. The molecule has 0 unspecified atom stereocenters. The Labute approximate surface area is 130 Å². The van der Waals surface area contributed by atoms with Crippen molar-refractivity contribution in [2.75, 3.05) is 25.5 Å². The molecular formula is C13H16BrN5O2. The van der Waals surface area contributed by atoms with Gasteiger partial charge in [-0.1, -0.05) is 0 Å². The standard InChI is InChI=1S/C13H16BrN5O2/c1-21-11-5-16-4-9(11)18-12-8(13(15)20)3-17-19-6-7(14)2-10(12)19/h2-3,6,9,11,16,18H,4-5H2,1H3,(H2,15,20)/t9-,11-/m1/s1. The lowest BCUT2D eigenvalue weighted by Gasteiger charge is -2.21. The fraction of sp³-hybridized carbons (Fsp3) is 0.385. The summed E-state index contributed by atoms with van der Waals surface area (Å²) in [5, 5.41) is 10.8. The van der Waals surface area contributed by atoms with Gasteiger partial charge >= 0.3 is 0 Å². The number of carbonyl (C=O) groups is 1. The fourth-order valence-corrected chi connectivity index (χ4v) is 3.01. The number of amides is 1. The van der Waals surface area contributed by atoms with Gasteiger partial charge in [-0.2, -0.15) is 5.10 Å². The zero-order valence-corrected chi connectivity index (χ0v) is 13.1. The van der Waals surface area contributed by atoms with Crippen LogP contribution in [0.1, 0.15) is 10.4 Å². The molecule has 4 N–H and O–H groups in total. The summed E-state index contributed by atoms with van der Waals surface area (Å²) in [5.74, 6) is -0.509. The Kier molecular flexibility index (Phi) is 3.83. The van der Waals surface area contributed by atoms with Crippen LogP contribution in [0.15, 0.2) is 22.9 Å². The molecule has 3 heterocycles. The predicted octanol–water partition coefficient (Wildman–Crippen LogP) is 0.594. The number of fused-ring (bicyclic) bond motifs is 1. The van der Waals surface area contributed by atoms with E-state index in [4.69, 9.17) is 10.5 Å². The van der Waals surface area contributed by atoms with Gasteiger partial charge in [0.2, 0.25) is 0 Å². The van der Waals surface area contributed by atoms with Gasteiger partial charge in [-0.05, 0) is 22.0 Å². The second kappa shape index (κ2) is 5.63. The minimum atomic E-state index is -0.509. The Balaban J connectivity index is 2.05. The summed E-state index contributed by atoms with van der Waals surface area (Å²) >= 11 is 3.42. The molecule has 112 valence electrons. The maximum absolute atomic E-state index is 11.7. The summed E-state index contributed by atoms with van der Waals surface area (Å²) in [7, 11) is 1.68. The van der Waals surface area contributed by atoms with Gasteiger partial charge in [0.25, 0.3) is 5.91 Å². The molecule has 0 spiro atoms. The molecule has 0 radical (unpaired) electrons. The number of aromatic nitrogens is 2. The zero-order valence-electron chi connectivity index (χ0n) is 11.5. The Morgan fingerprint density at radius 3 is 3.14 bits per heavy atom. The molecule has 1 saturated heterocycles. The van der Waals surface area contributed by atoms with Crippen molar-refractivity contribution < 1.29 is 9.53 Å². The highest BCUT2D eigenvalue weighted by molar-refractivity contribution is 9.10. The van der Waals surface area contributed by atoms with E-state index >= 15 is 0 Å². The molecule has 1 aliphatic heterocycles. The van der Waals surface area contributed by atoms with E-state index in [-0.39, 0.29) is 12.1 Å². The van der Waals surface area contributed by atoms with Crippen molar-refractivity contribution >= 4 is 33.0 Å². The number of primary amides is 1. The normalized spacial score (nSPS) is 21.8. The fourth-order valence-electron chi connectivity index (χ4n) is 2.60. The number of anilines is 1. The van der Waals surface area contributed by atoms with Crippen LogP contribution in [0.25, 0.3) is 5.52 Å². The van der Waals surface area contributed by atoms with Gasteiger partial charge in [0.05, 0.1) is 35.1 Å². The van der Waals surface area contributed by atoms with Crippen molar-refractivity contribution in [2.45, 2.75) is 12.1 Å². The molecule has 1 amide bonds. The highest BCUT2D eigenvalue weighted by Crippen LogP contribution is 2.27. The summed E-state index contributed by atoms with van der Waals surface area (Å²) in [6.07, 6.45) is 3.35. The van der Waals surface area contributed by atoms with E-state index < -0.39 is 5.91 Å². The number of nitrogens with zero attached hydrogens (tertiary/aromatic N) is 2. The molecule has 21 heavy (non-hydrogen) atoms. The molecule has 2 atom stereocenters. The molecule has 2 aromatic heterocycles. The van der Waals surface area contributed by atoms with Crippen molar-refractivity contribution in [2.24, 2.45) is 5.73 Å². The van der Waals surface area contributed by atoms with E-state index in [1.165, 1.54) is 6.20 Å². The third-order valence-corrected chi connectivity index (χ3v) is 4.09. The molecule has 0 saturated carbocycles. The molecule has 2 aromatic rings. The van der Waals surface area contributed by atoms with Crippen molar-refractivity contribution in [1.82, 2.24) is 14.9 Å². The molecule has 8 heteroatoms.